The molecule has 0 aromatic carbocycles. The van der Waals surface area contributed by atoms with Crippen LogP contribution in [0.3, 0.4) is 0 Å². The second kappa shape index (κ2) is 3.25. The van der Waals surface area contributed by atoms with Gasteiger partial charge in [0.25, 0.3) is 0 Å². The van der Waals surface area contributed by atoms with E-state index in [2.05, 4.69) is 14.9 Å². The normalized spacial score (nSPS) is 18.2. The Bertz CT molecular complexity index is 210. The smallest absolute Gasteiger partial charge is 0.0893 e. The Morgan fingerprint density at radius 1 is 1.73 bits per heavy atom. The summed E-state index contributed by atoms with van der Waals surface area (Å²) in [7, 11) is 0. The second-order valence-electron chi connectivity index (χ2n) is 2.51. The van der Waals surface area contributed by atoms with Gasteiger partial charge >= 0.3 is 0 Å². The average Bonchev–Trinajstić information content (AvgIpc) is 2.36. The van der Waals surface area contributed by atoms with Gasteiger partial charge in [0.2, 0.25) is 0 Å². The third kappa shape index (κ3) is 1.74. The molecule has 0 saturated carbocycles. The number of aromatic nitrogens is 2. The van der Waals surface area contributed by atoms with E-state index in [1.54, 1.807) is 0 Å². The predicted molar refractivity (Wildman–Crippen MR) is 41.4 cm³/mol. The molecule has 11 heavy (non-hydrogen) atoms. The molecule has 0 bridgehead atoms. The number of hydrogen-bond donors (Lipinski definition) is 1. The zero-order valence-electron chi connectivity index (χ0n) is 5.99. The maximum atomic E-state index is 5.01. The highest BCUT2D eigenvalue weighted by Gasteiger charge is 2.17. The van der Waals surface area contributed by atoms with Crippen molar-refractivity contribution in [2.75, 3.05) is 13.2 Å². The van der Waals surface area contributed by atoms with E-state index in [4.69, 9.17) is 4.74 Å². The molecule has 2 heterocycles. The van der Waals surface area contributed by atoms with Gasteiger partial charge in [-0.1, -0.05) is 4.49 Å². The van der Waals surface area contributed by atoms with Crippen molar-refractivity contribution in [3.8, 4) is 0 Å². The van der Waals surface area contributed by atoms with Crippen LogP contribution < -0.4 is 5.32 Å². The van der Waals surface area contributed by atoms with Crippen LogP contribution in [0, 0.1) is 0 Å². The summed E-state index contributed by atoms with van der Waals surface area (Å²) in [6.07, 6.45) is 0. The fourth-order valence-electron chi connectivity index (χ4n) is 0.863. The first-order chi connectivity index (χ1) is 5.45. The Morgan fingerprint density at radius 3 is 3.18 bits per heavy atom. The lowest BCUT2D eigenvalue weighted by Gasteiger charge is -2.26. The summed E-state index contributed by atoms with van der Waals surface area (Å²) in [5.74, 6) is 0. The summed E-state index contributed by atoms with van der Waals surface area (Å²) in [5, 5.41) is 9.16. The van der Waals surface area contributed by atoms with E-state index in [0.717, 1.165) is 25.5 Å². The summed E-state index contributed by atoms with van der Waals surface area (Å²) in [6, 6.07) is 0.525. The van der Waals surface area contributed by atoms with Gasteiger partial charge in [-0.3, -0.25) is 0 Å². The van der Waals surface area contributed by atoms with Crippen LogP contribution in [0.4, 0.5) is 0 Å². The number of rotatable bonds is 3. The van der Waals surface area contributed by atoms with Gasteiger partial charge in [-0.25, -0.2) is 0 Å². The number of hydrogen-bond acceptors (Lipinski definition) is 5. The molecule has 60 valence electrons. The Hall–Kier alpha value is -0.520. The molecule has 1 aromatic heterocycles. The third-order valence-electron chi connectivity index (χ3n) is 1.62. The molecular weight excluding hydrogens is 162 g/mol. The largest absolute Gasteiger partial charge is 0.378 e. The fourth-order valence-corrected chi connectivity index (χ4v) is 1.31. The maximum Gasteiger partial charge on any atom is 0.0893 e. The summed E-state index contributed by atoms with van der Waals surface area (Å²) in [6.45, 7) is 2.47. The van der Waals surface area contributed by atoms with Gasteiger partial charge in [-0.2, -0.15) is 0 Å². The SMILES string of the molecule is c1snnc1CNC1COC1. The quantitative estimate of drug-likeness (QED) is 0.697. The van der Waals surface area contributed by atoms with Crippen LogP contribution in [0.1, 0.15) is 5.69 Å². The monoisotopic (exact) mass is 171 g/mol. The average molecular weight is 171 g/mol. The van der Waals surface area contributed by atoms with Crippen LogP contribution in [-0.2, 0) is 11.3 Å². The summed E-state index contributed by atoms with van der Waals surface area (Å²) < 4.78 is 8.77. The van der Waals surface area contributed by atoms with Crippen LogP contribution in [0.15, 0.2) is 5.38 Å². The van der Waals surface area contributed by atoms with Crippen LogP contribution in [0.5, 0.6) is 0 Å². The van der Waals surface area contributed by atoms with Gasteiger partial charge in [0.15, 0.2) is 0 Å². The Labute approximate surface area is 68.7 Å². The molecule has 0 aliphatic carbocycles. The van der Waals surface area contributed by atoms with Gasteiger partial charge in [0.05, 0.1) is 24.9 Å². The molecule has 0 unspecified atom stereocenters. The molecule has 2 rings (SSSR count). The zero-order chi connectivity index (χ0) is 7.52. The Morgan fingerprint density at radius 2 is 2.64 bits per heavy atom. The van der Waals surface area contributed by atoms with Crippen molar-refractivity contribution < 1.29 is 4.74 Å². The molecule has 1 N–H and O–H groups in total. The van der Waals surface area contributed by atoms with Crippen molar-refractivity contribution in [2.24, 2.45) is 0 Å². The van der Waals surface area contributed by atoms with E-state index in [1.165, 1.54) is 11.5 Å². The fraction of sp³-hybridized carbons (Fsp3) is 0.667. The maximum absolute atomic E-state index is 5.01. The number of ether oxygens (including phenoxy) is 1. The van der Waals surface area contributed by atoms with E-state index >= 15 is 0 Å². The molecule has 5 heteroatoms. The molecule has 0 spiro atoms. The highest BCUT2D eigenvalue weighted by molar-refractivity contribution is 7.03. The first-order valence-electron chi connectivity index (χ1n) is 3.52. The molecule has 1 saturated heterocycles. The van der Waals surface area contributed by atoms with Crippen molar-refractivity contribution >= 4 is 11.5 Å². The summed E-state index contributed by atoms with van der Waals surface area (Å²) in [5.41, 5.74) is 1.02. The lowest BCUT2D eigenvalue weighted by molar-refractivity contribution is -0.00591. The minimum absolute atomic E-state index is 0.525. The lowest BCUT2D eigenvalue weighted by atomic mass is 10.2. The number of nitrogens with zero attached hydrogens (tertiary/aromatic N) is 2. The summed E-state index contributed by atoms with van der Waals surface area (Å²) in [4.78, 5) is 0. The van der Waals surface area contributed by atoms with Gasteiger partial charge in [0, 0.05) is 11.9 Å². The van der Waals surface area contributed by atoms with Gasteiger partial charge in [0.1, 0.15) is 0 Å². The molecule has 1 aromatic rings. The predicted octanol–water partition coefficient (Wildman–Crippen LogP) is 0.0265. The van der Waals surface area contributed by atoms with Crippen molar-refractivity contribution in [3.05, 3.63) is 11.1 Å². The number of nitrogens with one attached hydrogen (secondary N) is 1. The lowest BCUT2D eigenvalue weighted by Crippen LogP contribution is -2.45. The van der Waals surface area contributed by atoms with Gasteiger partial charge < -0.3 is 10.1 Å². The van der Waals surface area contributed by atoms with Gasteiger partial charge in [-0.05, 0) is 11.5 Å². The summed E-state index contributed by atoms with van der Waals surface area (Å²) >= 11 is 1.38. The highest BCUT2D eigenvalue weighted by atomic mass is 32.1. The van der Waals surface area contributed by atoms with E-state index in [0.29, 0.717) is 6.04 Å². The minimum Gasteiger partial charge on any atom is -0.378 e. The first kappa shape index (κ1) is 7.15. The molecule has 0 amide bonds. The Balaban J connectivity index is 1.74. The van der Waals surface area contributed by atoms with Crippen molar-refractivity contribution in [2.45, 2.75) is 12.6 Å². The van der Waals surface area contributed by atoms with Crippen LogP contribution in [0.2, 0.25) is 0 Å². The van der Waals surface area contributed by atoms with E-state index in [1.807, 2.05) is 5.38 Å². The topological polar surface area (TPSA) is 47.0 Å². The van der Waals surface area contributed by atoms with Crippen LogP contribution in [-0.4, -0.2) is 28.8 Å². The van der Waals surface area contributed by atoms with Crippen molar-refractivity contribution in [1.29, 1.82) is 0 Å². The Kier molecular flexibility index (Phi) is 2.11. The first-order valence-corrected chi connectivity index (χ1v) is 4.36. The molecule has 1 aliphatic heterocycles. The molecule has 0 atom stereocenters. The molecule has 4 nitrogen and oxygen atoms in total. The van der Waals surface area contributed by atoms with Crippen LogP contribution >= 0.6 is 11.5 Å². The zero-order valence-corrected chi connectivity index (χ0v) is 6.80. The highest BCUT2D eigenvalue weighted by Crippen LogP contribution is 2.02. The minimum atomic E-state index is 0.525. The van der Waals surface area contributed by atoms with E-state index in [-0.39, 0.29) is 0 Å². The molecule has 1 fully saturated rings. The van der Waals surface area contributed by atoms with Crippen LogP contribution in [0.25, 0.3) is 0 Å². The third-order valence-corrected chi connectivity index (χ3v) is 2.17. The molecular formula is C6H9N3OS. The van der Waals surface area contributed by atoms with E-state index < -0.39 is 0 Å². The molecule has 1 aliphatic rings. The second-order valence-corrected chi connectivity index (χ2v) is 3.12. The van der Waals surface area contributed by atoms with Crippen molar-refractivity contribution in [3.63, 3.8) is 0 Å². The molecule has 0 radical (unpaired) electrons. The van der Waals surface area contributed by atoms with Crippen molar-refractivity contribution in [1.82, 2.24) is 14.9 Å². The standard InChI is InChI=1S/C6H9N3OS/c1(5-4-11-9-8-5)7-6-2-10-3-6/h4,6-7H,1-3H2. The van der Waals surface area contributed by atoms with Gasteiger partial charge in [-0.15, -0.1) is 5.10 Å². The van der Waals surface area contributed by atoms with E-state index in [9.17, 15) is 0 Å².